The Balaban J connectivity index is 1.54. The number of alkyl halides is 1. The molecule has 2 aliphatic heterocycles. The van der Waals surface area contributed by atoms with Crippen LogP contribution in [0.5, 0.6) is 0 Å². The van der Waals surface area contributed by atoms with Gasteiger partial charge in [-0.15, -0.1) is 0 Å². The van der Waals surface area contributed by atoms with Gasteiger partial charge in [0.2, 0.25) is 0 Å². The molecule has 0 spiro atoms. The molecule has 0 radical (unpaired) electrons. The molecule has 150 valence electrons. The predicted molar refractivity (Wildman–Crippen MR) is 94.4 cm³/mol. The second kappa shape index (κ2) is 7.06. The lowest BCUT2D eigenvalue weighted by atomic mass is 9.98. The average molecular weight is 412 g/mol. The second-order valence-electron chi connectivity index (χ2n) is 6.72. The standard InChI is InChI=1S/C17H18FN2O7P/c1-17(18)14-12(26-15(17)20-8-7-13(21)19-16(20)22)10-25-28(23,27-14)24-9-11-5-3-2-4-6-11/h2-8,12,14-15H,9-10H2,1H3,(H,19,21,22)/t12-,14-,15-,17-,28-/m1/s1. The number of phosphoric ester groups is 1. The fourth-order valence-electron chi connectivity index (χ4n) is 3.25. The van der Waals surface area contributed by atoms with E-state index in [9.17, 15) is 14.2 Å². The molecule has 9 nitrogen and oxygen atoms in total. The normalized spacial score (nSPS) is 34.9. The van der Waals surface area contributed by atoms with Crippen LogP contribution >= 0.6 is 7.82 Å². The summed E-state index contributed by atoms with van der Waals surface area (Å²) in [7, 11) is -4.03. The van der Waals surface area contributed by atoms with Gasteiger partial charge < -0.3 is 4.74 Å². The number of rotatable bonds is 4. The second-order valence-corrected chi connectivity index (χ2v) is 8.35. The van der Waals surface area contributed by atoms with Crippen molar-refractivity contribution in [3.63, 3.8) is 0 Å². The highest BCUT2D eigenvalue weighted by atomic mass is 31.2. The van der Waals surface area contributed by atoms with E-state index >= 15 is 4.39 Å². The largest absolute Gasteiger partial charge is 0.475 e. The van der Waals surface area contributed by atoms with Gasteiger partial charge in [0.05, 0.1) is 13.2 Å². The molecule has 2 aliphatic rings. The molecule has 11 heteroatoms. The molecule has 0 unspecified atom stereocenters. The molecule has 2 fully saturated rings. The van der Waals surface area contributed by atoms with Gasteiger partial charge >= 0.3 is 13.5 Å². The van der Waals surface area contributed by atoms with Crippen molar-refractivity contribution in [1.29, 1.82) is 0 Å². The number of nitrogens with one attached hydrogen (secondary N) is 1. The van der Waals surface area contributed by atoms with Crippen LogP contribution in [-0.4, -0.2) is 34.0 Å². The van der Waals surface area contributed by atoms with E-state index in [0.29, 0.717) is 0 Å². The van der Waals surface area contributed by atoms with E-state index < -0.39 is 43.2 Å². The fraction of sp³-hybridized carbons (Fsp3) is 0.412. The molecule has 1 aromatic carbocycles. The summed E-state index contributed by atoms with van der Waals surface area (Å²) in [4.78, 5) is 25.3. The molecule has 5 atom stereocenters. The molecule has 2 aromatic rings. The van der Waals surface area contributed by atoms with Crippen LogP contribution in [0.3, 0.4) is 0 Å². The minimum atomic E-state index is -4.03. The van der Waals surface area contributed by atoms with Crippen LogP contribution < -0.4 is 11.2 Å². The summed E-state index contributed by atoms with van der Waals surface area (Å²) in [5.41, 5.74) is -2.93. The summed E-state index contributed by atoms with van der Waals surface area (Å²) in [5, 5.41) is 0. The van der Waals surface area contributed by atoms with Gasteiger partial charge in [0.1, 0.15) is 12.2 Å². The Labute approximate surface area is 158 Å². The Morgan fingerprint density at radius 2 is 2.07 bits per heavy atom. The molecular formula is C17H18FN2O7P. The van der Waals surface area contributed by atoms with E-state index in [-0.39, 0.29) is 13.2 Å². The Bertz CT molecular complexity index is 1020. The number of aromatic amines is 1. The van der Waals surface area contributed by atoms with Gasteiger partial charge in [-0.3, -0.25) is 27.9 Å². The lowest BCUT2D eigenvalue weighted by Crippen LogP contribution is -2.46. The van der Waals surface area contributed by atoms with Crippen LogP contribution in [0.4, 0.5) is 4.39 Å². The summed E-state index contributed by atoms with van der Waals surface area (Å²) < 4.78 is 50.7. The third-order valence-corrected chi connectivity index (χ3v) is 6.05. The maximum Gasteiger partial charge on any atom is 0.475 e. The van der Waals surface area contributed by atoms with E-state index in [0.717, 1.165) is 22.4 Å². The van der Waals surface area contributed by atoms with Crippen molar-refractivity contribution < 1.29 is 27.3 Å². The number of aromatic nitrogens is 2. The number of fused-ring (bicyclic) bond motifs is 1. The lowest BCUT2D eigenvalue weighted by Gasteiger charge is -2.33. The van der Waals surface area contributed by atoms with Crippen LogP contribution in [0.1, 0.15) is 18.7 Å². The third-order valence-electron chi connectivity index (χ3n) is 4.66. The molecule has 2 saturated heterocycles. The Kier molecular flexibility index (Phi) is 4.84. The van der Waals surface area contributed by atoms with Gasteiger partial charge in [-0.1, -0.05) is 30.3 Å². The molecule has 1 N–H and O–H groups in total. The maximum atomic E-state index is 15.6. The first-order chi connectivity index (χ1) is 13.3. The number of hydrogen-bond donors (Lipinski definition) is 1. The minimum absolute atomic E-state index is 0.0395. The highest BCUT2D eigenvalue weighted by Crippen LogP contribution is 2.59. The summed E-state index contributed by atoms with van der Waals surface area (Å²) in [6, 6.07) is 10.0. The number of phosphoric acid groups is 1. The molecule has 0 amide bonds. The average Bonchev–Trinajstić information content (AvgIpc) is 2.91. The molecule has 0 saturated carbocycles. The zero-order valence-corrected chi connectivity index (χ0v) is 15.7. The highest BCUT2D eigenvalue weighted by Gasteiger charge is 2.61. The number of nitrogens with zero attached hydrogens (tertiary/aromatic N) is 1. The zero-order chi connectivity index (χ0) is 19.9. The van der Waals surface area contributed by atoms with Gasteiger partial charge in [-0.2, -0.15) is 0 Å². The Hall–Kier alpha value is -2.10. The van der Waals surface area contributed by atoms with Crippen LogP contribution in [0.25, 0.3) is 0 Å². The third kappa shape index (κ3) is 3.49. The molecule has 0 aliphatic carbocycles. The lowest BCUT2D eigenvalue weighted by molar-refractivity contribution is -0.0732. The highest BCUT2D eigenvalue weighted by molar-refractivity contribution is 7.48. The summed E-state index contributed by atoms with van der Waals surface area (Å²) >= 11 is 0. The van der Waals surface area contributed by atoms with Crippen molar-refractivity contribution in [3.05, 3.63) is 69.0 Å². The van der Waals surface area contributed by atoms with Crippen molar-refractivity contribution >= 4 is 7.82 Å². The number of halogens is 1. The SMILES string of the molecule is C[C@@]1(F)[C@@H]2O[P@](=O)(OCc3ccccc3)OC[C@H]2O[C@H]1n1ccc(=O)[nH]c1=O. The molecule has 1 aromatic heterocycles. The van der Waals surface area contributed by atoms with Gasteiger partial charge in [-0.05, 0) is 12.5 Å². The van der Waals surface area contributed by atoms with Gasteiger partial charge in [0.15, 0.2) is 11.9 Å². The quantitative estimate of drug-likeness (QED) is 0.764. The first kappa shape index (κ1) is 19.2. The van der Waals surface area contributed by atoms with Gasteiger partial charge in [0.25, 0.3) is 5.56 Å². The first-order valence-electron chi connectivity index (χ1n) is 8.56. The van der Waals surface area contributed by atoms with E-state index in [1.807, 2.05) is 11.1 Å². The Morgan fingerprint density at radius 3 is 2.79 bits per heavy atom. The van der Waals surface area contributed by atoms with Gasteiger partial charge in [-0.25, -0.2) is 13.8 Å². The summed E-state index contributed by atoms with van der Waals surface area (Å²) in [5.74, 6) is 0. The van der Waals surface area contributed by atoms with Crippen LogP contribution in [0.15, 0.2) is 52.2 Å². The van der Waals surface area contributed by atoms with Crippen LogP contribution in [-0.2, 0) is 29.5 Å². The van der Waals surface area contributed by atoms with Gasteiger partial charge in [0, 0.05) is 12.3 Å². The summed E-state index contributed by atoms with van der Waals surface area (Å²) in [6.45, 7) is 0.903. The van der Waals surface area contributed by atoms with Crippen molar-refractivity contribution in [1.82, 2.24) is 9.55 Å². The van der Waals surface area contributed by atoms with Crippen LogP contribution in [0.2, 0.25) is 0 Å². The van der Waals surface area contributed by atoms with E-state index in [1.165, 1.54) is 6.92 Å². The zero-order valence-electron chi connectivity index (χ0n) is 14.8. The van der Waals surface area contributed by atoms with Crippen molar-refractivity contribution in [3.8, 4) is 0 Å². The van der Waals surface area contributed by atoms with Crippen LogP contribution in [0, 0.1) is 0 Å². The van der Waals surface area contributed by atoms with E-state index in [4.69, 9.17) is 18.3 Å². The number of ether oxygens (including phenoxy) is 1. The number of H-pyrrole nitrogens is 1. The molecule has 28 heavy (non-hydrogen) atoms. The number of benzene rings is 1. The molecule has 4 rings (SSSR count). The first-order valence-corrected chi connectivity index (χ1v) is 10.0. The molecular weight excluding hydrogens is 394 g/mol. The van der Waals surface area contributed by atoms with Crippen molar-refractivity contribution in [2.45, 2.75) is 37.6 Å². The summed E-state index contributed by atoms with van der Waals surface area (Å²) in [6.07, 6.45) is -2.45. The smallest absolute Gasteiger partial charge is 0.346 e. The fourth-order valence-corrected chi connectivity index (χ4v) is 4.70. The van der Waals surface area contributed by atoms with Crippen molar-refractivity contribution in [2.24, 2.45) is 0 Å². The topological polar surface area (TPSA) is 109 Å². The molecule has 3 heterocycles. The monoisotopic (exact) mass is 412 g/mol. The van der Waals surface area contributed by atoms with E-state index in [1.54, 1.807) is 24.3 Å². The van der Waals surface area contributed by atoms with E-state index in [2.05, 4.69) is 0 Å². The molecule has 0 bridgehead atoms. The van der Waals surface area contributed by atoms with Crippen molar-refractivity contribution in [2.75, 3.05) is 6.61 Å². The minimum Gasteiger partial charge on any atom is -0.346 e. The maximum absolute atomic E-state index is 15.6. The number of hydrogen-bond acceptors (Lipinski definition) is 7. The predicted octanol–water partition coefficient (Wildman–Crippen LogP) is 1.90. The Morgan fingerprint density at radius 1 is 1.32 bits per heavy atom.